The Bertz CT molecular complexity index is 964. The minimum Gasteiger partial charge on any atom is -0.504 e. The first-order valence-electron chi connectivity index (χ1n) is 8.07. The number of nitrogens with zero attached hydrogens (tertiary/aromatic N) is 4. The Morgan fingerprint density at radius 2 is 2.12 bits per heavy atom. The molecule has 1 heterocycles. The van der Waals surface area contributed by atoms with Crippen LogP contribution in [0.1, 0.15) is 18.9 Å². The summed E-state index contributed by atoms with van der Waals surface area (Å²) in [4.78, 5) is 12.0. The molecule has 8 nitrogen and oxygen atoms in total. The third kappa shape index (κ3) is 3.80. The smallest absolute Gasteiger partial charge is 0.241 e. The number of carbonyl (C=O) groups excluding carboxylic acids is 1. The number of nitrogens with one attached hydrogen (secondary N) is 1. The predicted molar refractivity (Wildman–Crippen MR) is 97.2 cm³/mol. The molecule has 0 bridgehead atoms. The first kappa shape index (κ1) is 17.4. The van der Waals surface area contributed by atoms with E-state index in [9.17, 15) is 9.90 Å². The standard InChI is InChI=1S/C18H19N5O3/c1-12(13-7-8-16(24)17(11-13)26-2)19-21-18(25)9-10-23-15-6-4-3-5-14(15)20-22-23/h3-8,11,24H,9-10H2,1-2H3,(H,21,25). The van der Waals surface area contributed by atoms with Gasteiger partial charge in [0, 0.05) is 12.0 Å². The molecule has 0 saturated heterocycles. The Labute approximate surface area is 150 Å². The van der Waals surface area contributed by atoms with E-state index < -0.39 is 0 Å². The fourth-order valence-corrected chi connectivity index (χ4v) is 2.46. The summed E-state index contributed by atoms with van der Waals surface area (Å²) in [7, 11) is 1.47. The molecule has 8 heteroatoms. The third-order valence-corrected chi connectivity index (χ3v) is 3.92. The van der Waals surface area contributed by atoms with Crippen LogP contribution in [0.5, 0.6) is 11.5 Å². The molecule has 2 N–H and O–H groups in total. The van der Waals surface area contributed by atoms with Crippen LogP contribution in [0.25, 0.3) is 11.0 Å². The topological polar surface area (TPSA) is 102 Å². The SMILES string of the molecule is COc1cc(C(C)=NNC(=O)CCn2nnc3ccccc32)ccc1O. The van der Waals surface area contributed by atoms with E-state index in [1.165, 1.54) is 13.2 Å². The molecule has 0 aliphatic heterocycles. The molecule has 2 aromatic carbocycles. The van der Waals surface area contributed by atoms with Crippen molar-refractivity contribution in [3.63, 3.8) is 0 Å². The molecule has 0 atom stereocenters. The van der Waals surface area contributed by atoms with Crippen LogP contribution < -0.4 is 10.2 Å². The van der Waals surface area contributed by atoms with Gasteiger partial charge in [0.05, 0.1) is 24.9 Å². The molecule has 3 aromatic rings. The van der Waals surface area contributed by atoms with Crippen LogP contribution in [-0.4, -0.2) is 38.8 Å². The first-order chi connectivity index (χ1) is 12.6. The Morgan fingerprint density at radius 1 is 1.31 bits per heavy atom. The van der Waals surface area contributed by atoms with E-state index in [4.69, 9.17) is 4.74 Å². The maximum absolute atomic E-state index is 12.0. The lowest BCUT2D eigenvalue weighted by atomic mass is 10.1. The van der Waals surface area contributed by atoms with Gasteiger partial charge in [0.1, 0.15) is 5.52 Å². The molecule has 0 aliphatic carbocycles. The Kier molecular flexibility index (Phi) is 5.12. The molecule has 3 rings (SSSR count). The number of aromatic nitrogens is 3. The van der Waals surface area contributed by atoms with Crippen molar-refractivity contribution in [1.29, 1.82) is 0 Å². The number of hydrogen-bond donors (Lipinski definition) is 2. The zero-order valence-corrected chi connectivity index (χ0v) is 14.5. The third-order valence-electron chi connectivity index (χ3n) is 3.92. The van der Waals surface area contributed by atoms with Gasteiger partial charge in [0.25, 0.3) is 0 Å². The number of carbonyl (C=O) groups is 1. The van der Waals surface area contributed by atoms with Gasteiger partial charge in [-0.15, -0.1) is 5.10 Å². The fraction of sp³-hybridized carbons (Fsp3) is 0.222. The summed E-state index contributed by atoms with van der Waals surface area (Å²) in [6, 6.07) is 12.5. The number of fused-ring (bicyclic) bond motifs is 1. The molecular formula is C18H19N5O3. The quantitative estimate of drug-likeness (QED) is 0.522. The summed E-state index contributed by atoms with van der Waals surface area (Å²) in [5.74, 6) is 0.171. The van der Waals surface area contributed by atoms with Crippen molar-refractivity contribution in [1.82, 2.24) is 20.4 Å². The van der Waals surface area contributed by atoms with E-state index >= 15 is 0 Å². The molecular weight excluding hydrogens is 334 g/mol. The number of methoxy groups -OCH3 is 1. The molecule has 1 amide bonds. The lowest BCUT2D eigenvalue weighted by Gasteiger charge is -2.07. The van der Waals surface area contributed by atoms with Gasteiger partial charge in [-0.1, -0.05) is 17.3 Å². The summed E-state index contributed by atoms with van der Waals surface area (Å²) in [6.07, 6.45) is 0.225. The van der Waals surface area contributed by atoms with Gasteiger partial charge >= 0.3 is 0 Å². The molecule has 0 unspecified atom stereocenters. The summed E-state index contributed by atoms with van der Waals surface area (Å²) >= 11 is 0. The fourth-order valence-electron chi connectivity index (χ4n) is 2.46. The summed E-state index contributed by atoms with van der Waals surface area (Å²) < 4.78 is 6.76. The number of ether oxygens (including phenoxy) is 1. The van der Waals surface area contributed by atoms with E-state index in [0.29, 0.717) is 18.0 Å². The van der Waals surface area contributed by atoms with Gasteiger partial charge in [-0.25, -0.2) is 10.1 Å². The van der Waals surface area contributed by atoms with Crippen LogP contribution in [0, 0.1) is 0 Å². The summed E-state index contributed by atoms with van der Waals surface area (Å²) in [5.41, 5.74) is 5.55. The zero-order chi connectivity index (χ0) is 18.5. The highest BCUT2D eigenvalue weighted by Gasteiger charge is 2.08. The molecule has 0 radical (unpaired) electrons. The lowest BCUT2D eigenvalue weighted by Crippen LogP contribution is -2.21. The minimum absolute atomic E-state index is 0.0492. The molecule has 0 aliphatic rings. The second-order valence-electron chi connectivity index (χ2n) is 5.67. The number of aryl methyl sites for hydroxylation is 1. The maximum Gasteiger partial charge on any atom is 0.241 e. The van der Waals surface area contributed by atoms with Crippen molar-refractivity contribution in [3.05, 3.63) is 48.0 Å². The highest BCUT2D eigenvalue weighted by atomic mass is 16.5. The normalized spacial score (nSPS) is 11.5. The number of para-hydroxylation sites is 1. The van der Waals surface area contributed by atoms with Crippen molar-refractivity contribution in [2.24, 2.45) is 5.10 Å². The number of phenols is 1. The van der Waals surface area contributed by atoms with Crippen LogP contribution in [0.2, 0.25) is 0 Å². The lowest BCUT2D eigenvalue weighted by molar-refractivity contribution is -0.121. The zero-order valence-electron chi connectivity index (χ0n) is 14.5. The van der Waals surface area contributed by atoms with Crippen LogP contribution in [0.3, 0.4) is 0 Å². The number of hydrogen-bond acceptors (Lipinski definition) is 6. The largest absolute Gasteiger partial charge is 0.504 e. The molecule has 0 saturated carbocycles. The van der Waals surface area contributed by atoms with Crippen molar-refractivity contribution in [2.45, 2.75) is 19.9 Å². The van der Waals surface area contributed by atoms with Crippen molar-refractivity contribution in [2.75, 3.05) is 7.11 Å². The number of benzene rings is 2. The summed E-state index contributed by atoms with van der Waals surface area (Å²) in [5, 5.41) is 21.8. The van der Waals surface area contributed by atoms with E-state index in [1.54, 1.807) is 23.7 Å². The van der Waals surface area contributed by atoms with E-state index in [1.807, 2.05) is 24.3 Å². The van der Waals surface area contributed by atoms with E-state index in [2.05, 4.69) is 20.8 Å². The second-order valence-corrected chi connectivity index (χ2v) is 5.67. The van der Waals surface area contributed by atoms with Gasteiger partial charge in [-0.2, -0.15) is 5.10 Å². The summed E-state index contributed by atoms with van der Waals surface area (Å²) in [6.45, 7) is 2.17. The highest BCUT2D eigenvalue weighted by molar-refractivity contribution is 5.99. The van der Waals surface area contributed by atoms with Crippen LogP contribution >= 0.6 is 0 Å². The monoisotopic (exact) mass is 353 g/mol. The van der Waals surface area contributed by atoms with Gasteiger partial charge in [0.2, 0.25) is 5.91 Å². The van der Waals surface area contributed by atoms with E-state index in [0.717, 1.165) is 16.6 Å². The maximum atomic E-state index is 12.0. The molecule has 0 spiro atoms. The molecule has 26 heavy (non-hydrogen) atoms. The van der Waals surface area contributed by atoms with Crippen LogP contribution in [-0.2, 0) is 11.3 Å². The number of rotatable bonds is 6. The Hall–Kier alpha value is -3.42. The van der Waals surface area contributed by atoms with Crippen molar-refractivity contribution < 1.29 is 14.6 Å². The number of phenolic OH excluding ortho intramolecular Hbond substituents is 1. The van der Waals surface area contributed by atoms with Crippen LogP contribution in [0.15, 0.2) is 47.6 Å². The predicted octanol–water partition coefficient (Wildman–Crippen LogP) is 2.08. The second kappa shape index (κ2) is 7.64. The molecule has 0 fully saturated rings. The average Bonchev–Trinajstić information content (AvgIpc) is 3.08. The van der Waals surface area contributed by atoms with Crippen molar-refractivity contribution in [3.8, 4) is 11.5 Å². The van der Waals surface area contributed by atoms with Gasteiger partial charge in [0.15, 0.2) is 11.5 Å². The molecule has 1 aromatic heterocycles. The highest BCUT2D eigenvalue weighted by Crippen LogP contribution is 2.26. The van der Waals surface area contributed by atoms with Gasteiger partial charge in [-0.05, 0) is 37.3 Å². The van der Waals surface area contributed by atoms with Crippen molar-refractivity contribution >= 4 is 22.7 Å². The number of aromatic hydroxyl groups is 1. The Balaban J connectivity index is 1.60. The number of hydrazone groups is 1. The Morgan fingerprint density at radius 3 is 2.92 bits per heavy atom. The van der Waals surface area contributed by atoms with E-state index in [-0.39, 0.29) is 18.1 Å². The first-order valence-corrected chi connectivity index (χ1v) is 8.07. The van der Waals surface area contributed by atoms with Gasteiger partial charge < -0.3 is 9.84 Å². The molecule has 134 valence electrons. The number of amides is 1. The van der Waals surface area contributed by atoms with Crippen LogP contribution in [0.4, 0.5) is 0 Å². The minimum atomic E-state index is -0.227. The average molecular weight is 353 g/mol. The van der Waals surface area contributed by atoms with Gasteiger partial charge in [-0.3, -0.25) is 4.79 Å².